The molecule has 3 aromatic rings. The van der Waals surface area contributed by atoms with Gasteiger partial charge in [0, 0.05) is 11.1 Å². The molecule has 2 aromatic carbocycles. The predicted molar refractivity (Wildman–Crippen MR) is 74.0 cm³/mol. The molecular formula is C15H8N3O-. The highest BCUT2D eigenvalue weighted by molar-refractivity contribution is 6.23. The standard InChI is InChI=1S/C15H9N3O/c19-18-14-10-6-2-1-5-9(10)13-15(14)17-12-8-4-3-7-11(12)16-13/h1-8,19H/p-1. The largest absolute Gasteiger partial charge is 0.791 e. The van der Waals surface area contributed by atoms with Crippen molar-refractivity contribution in [1.29, 1.82) is 0 Å². The van der Waals surface area contributed by atoms with Gasteiger partial charge in [0.2, 0.25) is 0 Å². The second kappa shape index (κ2) is 3.62. The molecule has 0 amide bonds. The summed E-state index contributed by atoms with van der Waals surface area (Å²) in [6.45, 7) is 0. The summed E-state index contributed by atoms with van der Waals surface area (Å²) in [6.07, 6.45) is 0. The molecule has 0 atom stereocenters. The van der Waals surface area contributed by atoms with Gasteiger partial charge in [0.25, 0.3) is 0 Å². The number of rotatable bonds is 0. The van der Waals surface area contributed by atoms with E-state index in [9.17, 15) is 5.21 Å². The molecule has 0 radical (unpaired) electrons. The van der Waals surface area contributed by atoms with Crippen molar-refractivity contribution >= 4 is 16.7 Å². The second-order valence-corrected chi connectivity index (χ2v) is 4.40. The Bertz CT molecular complexity index is 840. The minimum atomic E-state index is 0.379. The summed E-state index contributed by atoms with van der Waals surface area (Å²) in [4.78, 5) is 9.14. The molecule has 1 aromatic heterocycles. The SMILES string of the molecule is [O-]N=C1c2ccccc2-c2nc3ccccc3nc21. The van der Waals surface area contributed by atoms with Gasteiger partial charge in [0.1, 0.15) is 5.69 Å². The van der Waals surface area contributed by atoms with Crippen LogP contribution in [0.2, 0.25) is 0 Å². The van der Waals surface area contributed by atoms with Crippen LogP contribution in [0.3, 0.4) is 0 Å². The van der Waals surface area contributed by atoms with E-state index in [4.69, 9.17) is 0 Å². The number of aromatic nitrogens is 2. The molecule has 4 nitrogen and oxygen atoms in total. The van der Waals surface area contributed by atoms with Gasteiger partial charge in [-0.3, -0.25) is 0 Å². The van der Waals surface area contributed by atoms with E-state index in [1.807, 2.05) is 48.5 Å². The monoisotopic (exact) mass is 246 g/mol. The van der Waals surface area contributed by atoms with E-state index in [1.54, 1.807) is 0 Å². The van der Waals surface area contributed by atoms with E-state index in [-0.39, 0.29) is 0 Å². The van der Waals surface area contributed by atoms with Crippen LogP contribution in [0, 0.1) is 5.21 Å². The first-order valence-corrected chi connectivity index (χ1v) is 5.96. The zero-order valence-electron chi connectivity index (χ0n) is 9.87. The first kappa shape index (κ1) is 10.2. The maximum Gasteiger partial charge on any atom is 0.115 e. The third-order valence-corrected chi connectivity index (χ3v) is 3.32. The first-order chi connectivity index (χ1) is 9.38. The lowest BCUT2D eigenvalue weighted by molar-refractivity contribution is 1.28. The average molecular weight is 246 g/mol. The fourth-order valence-electron chi connectivity index (χ4n) is 2.47. The smallest absolute Gasteiger partial charge is 0.115 e. The van der Waals surface area contributed by atoms with Gasteiger partial charge in [-0.25, -0.2) is 9.97 Å². The van der Waals surface area contributed by atoms with Gasteiger partial charge in [-0.1, -0.05) is 36.4 Å². The Morgan fingerprint density at radius 3 is 2.00 bits per heavy atom. The highest BCUT2D eigenvalue weighted by atomic mass is 16.4. The Morgan fingerprint density at radius 2 is 1.32 bits per heavy atom. The molecule has 0 unspecified atom stereocenters. The van der Waals surface area contributed by atoms with Crippen molar-refractivity contribution in [1.82, 2.24) is 9.97 Å². The van der Waals surface area contributed by atoms with Crippen LogP contribution in [-0.4, -0.2) is 15.7 Å². The van der Waals surface area contributed by atoms with Crippen molar-refractivity contribution in [2.75, 3.05) is 0 Å². The summed E-state index contributed by atoms with van der Waals surface area (Å²) in [5.41, 5.74) is 5.02. The van der Waals surface area contributed by atoms with E-state index in [1.165, 1.54) is 0 Å². The van der Waals surface area contributed by atoms with Crippen molar-refractivity contribution in [3.63, 3.8) is 0 Å². The fraction of sp³-hybridized carbons (Fsp3) is 0. The minimum absolute atomic E-state index is 0.379. The number of fused-ring (bicyclic) bond motifs is 4. The number of para-hydroxylation sites is 2. The first-order valence-electron chi connectivity index (χ1n) is 5.96. The van der Waals surface area contributed by atoms with Crippen molar-refractivity contribution in [2.45, 2.75) is 0 Å². The van der Waals surface area contributed by atoms with Crippen LogP contribution in [-0.2, 0) is 0 Å². The van der Waals surface area contributed by atoms with Gasteiger partial charge in [0.15, 0.2) is 0 Å². The Labute approximate surface area is 109 Å². The number of hydrogen-bond acceptors (Lipinski definition) is 4. The molecule has 19 heavy (non-hydrogen) atoms. The van der Waals surface area contributed by atoms with Gasteiger partial charge in [-0.15, -0.1) is 0 Å². The van der Waals surface area contributed by atoms with Crippen molar-refractivity contribution in [2.24, 2.45) is 5.16 Å². The van der Waals surface area contributed by atoms with E-state index in [2.05, 4.69) is 15.1 Å². The van der Waals surface area contributed by atoms with Crippen molar-refractivity contribution in [3.8, 4) is 11.3 Å². The maximum atomic E-state index is 11.1. The molecule has 0 fully saturated rings. The molecule has 0 saturated heterocycles. The van der Waals surface area contributed by atoms with Crippen LogP contribution in [0.1, 0.15) is 11.3 Å². The Kier molecular flexibility index (Phi) is 1.94. The van der Waals surface area contributed by atoms with Gasteiger partial charge in [-0.2, -0.15) is 0 Å². The summed E-state index contributed by atoms with van der Waals surface area (Å²) < 4.78 is 0. The maximum absolute atomic E-state index is 11.1. The molecule has 0 bridgehead atoms. The van der Waals surface area contributed by atoms with Crippen LogP contribution in [0.5, 0.6) is 0 Å². The highest BCUT2D eigenvalue weighted by Crippen LogP contribution is 2.35. The quantitative estimate of drug-likeness (QED) is 0.448. The van der Waals surface area contributed by atoms with E-state index >= 15 is 0 Å². The Balaban J connectivity index is 2.14. The lowest BCUT2D eigenvalue weighted by Crippen LogP contribution is -2.01. The van der Waals surface area contributed by atoms with Gasteiger partial charge in [-0.05, 0) is 12.1 Å². The summed E-state index contributed by atoms with van der Waals surface area (Å²) in [7, 11) is 0. The molecule has 1 aliphatic carbocycles. The third kappa shape index (κ3) is 1.31. The Hall–Kier alpha value is -2.75. The second-order valence-electron chi connectivity index (χ2n) is 4.40. The van der Waals surface area contributed by atoms with Crippen molar-refractivity contribution in [3.05, 3.63) is 65.0 Å². The molecule has 1 heterocycles. The summed E-state index contributed by atoms with van der Waals surface area (Å²) in [5, 5.41) is 14.3. The normalized spacial score (nSPS) is 14.6. The third-order valence-electron chi connectivity index (χ3n) is 3.32. The summed E-state index contributed by atoms with van der Waals surface area (Å²) >= 11 is 0. The lowest BCUT2D eigenvalue weighted by atomic mass is 10.1. The zero-order chi connectivity index (χ0) is 12.8. The van der Waals surface area contributed by atoms with Crippen LogP contribution in [0.25, 0.3) is 22.3 Å². The summed E-state index contributed by atoms with van der Waals surface area (Å²) in [5.74, 6) is 0. The van der Waals surface area contributed by atoms with Crippen molar-refractivity contribution < 1.29 is 0 Å². The number of nitrogens with zero attached hydrogens (tertiary/aromatic N) is 3. The van der Waals surface area contributed by atoms with Crippen LogP contribution in [0.4, 0.5) is 0 Å². The molecule has 0 N–H and O–H groups in total. The van der Waals surface area contributed by atoms with Gasteiger partial charge < -0.3 is 10.4 Å². The van der Waals surface area contributed by atoms with Gasteiger partial charge in [0.05, 0.1) is 22.4 Å². The van der Waals surface area contributed by atoms with E-state index in [0.29, 0.717) is 11.4 Å². The average Bonchev–Trinajstić information content (AvgIpc) is 2.78. The lowest BCUT2D eigenvalue weighted by Gasteiger charge is -2.03. The minimum Gasteiger partial charge on any atom is -0.791 e. The molecule has 1 aliphatic rings. The molecule has 0 aliphatic heterocycles. The van der Waals surface area contributed by atoms with Crippen LogP contribution in [0.15, 0.2) is 53.7 Å². The fourth-order valence-corrected chi connectivity index (χ4v) is 2.47. The molecule has 0 spiro atoms. The summed E-state index contributed by atoms with van der Waals surface area (Å²) in [6, 6.07) is 15.2. The van der Waals surface area contributed by atoms with E-state index < -0.39 is 0 Å². The molecular weight excluding hydrogens is 238 g/mol. The Morgan fingerprint density at radius 1 is 0.737 bits per heavy atom. The van der Waals surface area contributed by atoms with Crippen LogP contribution >= 0.6 is 0 Å². The molecule has 0 saturated carbocycles. The molecule has 4 rings (SSSR count). The number of benzene rings is 2. The predicted octanol–water partition coefficient (Wildman–Crippen LogP) is 2.95. The molecule has 90 valence electrons. The molecule has 4 heteroatoms. The van der Waals surface area contributed by atoms with Gasteiger partial charge >= 0.3 is 0 Å². The zero-order valence-corrected chi connectivity index (χ0v) is 9.87. The highest BCUT2D eigenvalue weighted by Gasteiger charge is 2.26. The topological polar surface area (TPSA) is 61.2 Å². The van der Waals surface area contributed by atoms with E-state index in [0.717, 1.165) is 27.9 Å². The van der Waals surface area contributed by atoms with Crippen LogP contribution < -0.4 is 0 Å². The number of hydrogen-bond donors (Lipinski definition) is 0.